The van der Waals surface area contributed by atoms with Crippen molar-refractivity contribution >= 4 is 24.0 Å². The van der Waals surface area contributed by atoms with Gasteiger partial charge in [-0.05, 0) is 37.8 Å². The Hall–Kier alpha value is -2.01. The highest BCUT2D eigenvalue weighted by molar-refractivity contribution is 5.85. The Balaban J connectivity index is 0.00000192. The zero-order chi connectivity index (χ0) is 15.5. The van der Waals surface area contributed by atoms with Gasteiger partial charge in [-0.15, -0.1) is 12.4 Å². The summed E-state index contributed by atoms with van der Waals surface area (Å²) in [5.74, 6) is 0.947. The number of amides is 1. The summed E-state index contributed by atoms with van der Waals surface area (Å²) in [5, 5.41) is 3.93. The molecule has 0 aliphatic carbocycles. The highest BCUT2D eigenvalue weighted by Crippen LogP contribution is 2.33. The number of likely N-dealkylation sites (tertiary alicyclic amines) is 1. The summed E-state index contributed by atoms with van der Waals surface area (Å²) < 4.78 is 5.35. The number of benzene rings is 1. The van der Waals surface area contributed by atoms with E-state index in [0.717, 1.165) is 42.1 Å². The molecule has 1 saturated heterocycles. The van der Waals surface area contributed by atoms with Crippen LogP contribution in [0.15, 0.2) is 34.9 Å². The molecule has 3 rings (SSSR count). The average molecular weight is 336 g/mol. The second kappa shape index (κ2) is 7.51. The number of para-hydroxylation sites is 1. The molecule has 0 radical (unpaired) electrons. The van der Waals surface area contributed by atoms with Crippen molar-refractivity contribution in [1.29, 1.82) is 0 Å². The maximum Gasteiger partial charge on any atom is 0.223 e. The molecular formula is C17H22ClN3O2. The van der Waals surface area contributed by atoms with Gasteiger partial charge in [0.25, 0.3) is 0 Å². The van der Waals surface area contributed by atoms with E-state index < -0.39 is 0 Å². The molecule has 1 fully saturated rings. The first-order valence-corrected chi connectivity index (χ1v) is 7.71. The second-order valence-electron chi connectivity index (χ2n) is 5.81. The normalized spacial score (nSPS) is 17.1. The number of halogens is 1. The van der Waals surface area contributed by atoms with Gasteiger partial charge in [0.15, 0.2) is 5.76 Å². The van der Waals surface area contributed by atoms with Gasteiger partial charge in [-0.2, -0.15) is 0 Å². The van der Waals surface area contributed by atoms with E-state index in [0.29, 0.717) is 12.8 Å². The Kier molecular flexibility index (Phi) is 5.66. The van der Waals surface area contributed by atoms with Crippen molar-refractivity contribution in [2.45, 2.75) is 38.6 Å². The highest BCUT2D eigenvalue weighted by Gasteiger charge is 2.32. The van der Waals surface area contributed by atoms with Crippen molar-refractivity contribution in [1.82, 2.24) is 10.1 Å². The SMILES string of the molecule is Cc1cc(C2CCCN2C(=O)CCc2ccccc2N)on1.Cl. The largest absolute Gasteiger partial charge is 0.399 e. The summed E-state index contributed by atoms with van der Waals surface area (Å²) in [6, 6.07) is 9.66. The number of nitrogens with two attached hydrogens (primary N) is 1. The molecule has 0 saturated carbocycles. The molecule has 0 bridgehead atoms. The fraction of sp³-hybridized carbons (Fsp3) is 0.412. The molecule has 2 N–H and O–H groups in total. The van der Waals surface area contributed by atoms with Crippen LogP contribution in [0.3, 0.4) is 0 Å². The van der Waals surface area contributed by atoms with Crippen LogP contribution in [0.2, 0.25) is 0 Å². The minimum Gasteiger partial charge on any atom is -0.399 e. The average Bonchev–Trinajstić information content (AvgIpc) is 3.14. The Labute approximate surface area is 142 Å². The molecular weight excluding hydrogens is 314 g/mol. The fourth-order valence-electron chi connectivity index (χ4n) is 3.05. The minimum atomic E-state index is 0. The van der Waals surface area contributed by atoms with E-state index in [4.69, 9.17) is 10.3 Å². The molecule has 1 aliphatic rings. The fourth-order valence-corrected chi connectivity index (χ4v) is 3.05. The van der Waals surface area contributed by atoms with E-state index in [1.165, 1.54) is 0 Å². The Morgan fingerprint density at radius 1 is 1.43 bits per heavy atom. The van der Waals surface area contributed by atoms with Crippen LogP contribution < -0.4 is 5.73 Å². The monoisotopic (exact) mass is 335 g/mol. The third-order valence-corrected chi connectivity index (χ3v) is 4.21. The predicted octanol–water partition coefficient (Wildman–Crippen LogP) is 3.28. The topological polar surface area (TPSA) is 72.4 Å². The molecule has 1 atom stereocenters. The standard InChI is InChI=1S/C17H21N3O2.ClH/c1-12-11-16(22-19-12)15-7-4-10-20(15)17(21)9-8-13-5-2-3-6-14(13)18;/h2-3,5-6,11,15H,4,7-10,18H2,1H3;1H. The van der Waals surface area contributed by atoms with E-state index >= 15 is 0 Å². The van der Waals surface area contributed by atoms with Gasteiger partial charge < -0.3 is 15.2 Å². The molecule has 23 heavy (non-hydrogen) atoms. The van der Waals surface area contributed by atoms with E-state index in [2.05, 4.69) is 5.16 Å². The number of anilines is 1. The van der Waals surface area contributed by atoms with Gasteiger partial charge >= 0.3 is 0 Å². The molecule has 1 aromatic carbocycles. The maximum atomic E-state index is 12.5. The van der Waals surface area contributed by atoms with E-state index in [9.17, 15) is 4.79 Å². The second-order valence-corrected chi connectivity index (χ2v) is 5.81. The molecule has 2 heterocycles. The first kappa shape index (κ1) is 17.3. The van der Waals surface area contributed by atoms with Crippen molar-refractivity contribution < 1.29 is 9.32 Å². The van der Waals surface area contributed by atoms with Crippen LogP contribution in [-0.2, 0) is 11.2 Å². The van der Waals surface area contributed by atoms with E-state index in [1.807, 2.05) is 42.2 Å². The van der Waals surface area contributed by atoms with Crippen LogP contribution in [0, 0.1) is 6.92 Å². The number of hydrogen-bond donors (Lipinski definition) is 1. The smallest absolute Gasteiger partial charge is 0.223 e. The maximum absolute atomic E-state index is 12.5. The number of aromatic nitrogens is 1. The number of aryl methyl sites for hydroxylation is 2. The van der Waals surface area contributed by atoms with Gasteiger partial charge in [-0.1, -0.05) is 23.4 Å². The van der Waals surface area contributed by atoms with Crippen LogP contribution >= 0.6 is 12.4 Å². The molecule has 2 aromatic rings. The number of rotatable bonds is 4. The summed E-state index contributed by atoms with van der Waals surface area (Å²) in [5.41, 5.74) is 8.57. The number of hydrogen-bond acceptors (Lipinski definition) is 4. The molecule has 124 valence electrons. The summed E-state index contributed by atoms with van der Waals surface area (Å²) in [6.45, 7) is 2.68. The zero-order valence-corrected chi connectivity index (χ0v) is 14.0. The van der Waals surface area contributed by atoms with Crippen LogP contribution in [0.5, 0.6) is 0 Å². The number of carbonyl (C=O) groups is 1. The lowest BCUT2D eigenvalue weighted by Crippen LogP contribution is -2.30. The lowest BCUT2D eigenvalue weighted by atomic mass is 10.1. The van der Waals surface area contributed by atoms with Gasteiger partial charge in [0.05, 0.1) is 11.7 Å². The first-order valence-electron chi connectivity index (χ1n) is 7.71. The van der Waals surface area contributed by atoms with Crippen molar-refractivity contribution in [3.63, 3.8) is 0 Å². The zero-order valence-electron chi connectivity index (χ0n) is 13.2. The van der Waals surface area contributed by atoms with Crippen LogP contribution in [0.1, 0.15) is 42.3 Å². The third-order valence-electron chi connectivity index (χ3n) is 4.21. The van der Waals surface area contributed by atoms with Gasteiger partial charge in [0.1, 0.15) is 0 Å². The van der Waals surface area contributed by atoms with Crippen molar-refractivity contribution in [2.75, 3.05) is 12.3 Å². The van der Waals surface area contributed by atoms with Crippen molar-refractivity contribution in [3.05, 3.63) is 47.3 Å². The Morgan fingerprint density at radius 2 is 2.22 bits per heavy atom. The van der Waals surface area contributed by atoms with Crippen molar-refractivity contribution in [2.24, 2.45) is 0 Å². The molecule has 0 spiro atoms. The number of carbonyl (C=O) groups excluding carboxylic acids is 1. The van der Waals surface area contributed by atoms with Gasteiger partial charge in [-0.25, -0.2) is 0 Å². The lowest BCUT2D eigenvalue weighted by molar-refractivity contribution is -0.132. The Morgan fingerprint density at radius 3 is 2.91 bits per heavy atom. The Bertz CT molecular complexity index is 671. The lowest BCUT2D eigenvalue weighted by Gasteiger charge is -2.22. The van der Waals surface area contributed by atoms with Gasteiger partial charge in [0.2, 0.25) is 5.91 Å². The molecule has 6 heteroatoms. The van der Waals surface area contributed by atoms with Gasteiger partial charge in [-0.3, -0.25) is 4.79 Å². The molecule has 1 unspecified atom stereocenters. The predicted molar refractivity (Wildman–Crippen MR) is 91.4 cm³/mol. The summed E-state index contributed by atoms with van der Waals surface area (Å²) in [4.78, 5) is 14.5. The summed E-state index contributed by atoms with van der Waals surface area (Å²) >= 11 is 0. The first-order chi connectivity index (χ1) is 10.6. The minimum absolute atomic E-state index is 0. The van der Waals surface area contributed by atoms with Crippen molar-refractivity contribution in [3.8, 4) is 0 Å². The van der Waals surface area contributed by atoms with Crippen LogP contribution in [-0.4, -0.2) is 22.5 Å². The van der Waals surface area contributed by atoms with E-state index in [1.54, 1.807) is 0 Å². The van der Waals surface area contributed by atoms with Crippen LogP contribution in [0.25, 0.3) is 0 Å². The van der Waals surface area contributed by atoms with Crippen LogP contribution in [0.4, 0.5) is 5.69 Å². The highest BCUT2D eigenvalue weighted by atomic mass is 35.5. The number of nitrogen functional groups attached to an aromatic ring is 1. The molecule has 1 aromatic heterocycles. The van der Waals surface area contributed by atoms with E-state index in [-0.39, 0.29) is 24.4 Å². The quantitative estimate of drug-likeness (QED) is 0.870. The molecule has 5 nitrogen and oxygen atoms in total. The summed E-state index contributed by atoms with van der Waals surface area (Å²) in [7, 11) is 0. The molecule has 1 amide bonds. The number of nitrogens with zero attached hydrogens (tertiary/aromatic N) is 2. The van der Waals surface area contributed by atoms with Gasteiger partial charge in [0, 0.05) is 24.7 Å². The summed E-state index contributed by atoms with van der Waals surface area (Å²) in [6.07, 6.45) is 3.08. The molecule has 1 aliphatic heterocycles. The third kappa shape index (κ3) is 3.85.